The summed E-state index contributed by atoms with van der Waals surface area (Å²) in [5.41, 5.74) is 2.37. The van der Waals surface area contributed by atoms with Gasteiger partial charge >= 0.3 is 5.97 Å². The molecule has 1 heterocycles. The lowest BCUT2D eigenvalue weighted by Gasteiger charge is -2.25. The average molecular weight is 368 g/mol. The Balaban J connectivity index is 1.64. The molecule has 0 bridgehead atoms. The van der Waals surface area contributed by atoms with Gasteiger partial charge in [0.25, 0.3) is 5.91 Å². The van der Waals surface area contributed by atoms with Crippen LogP contribution in [0.3, 0.4) is 0 Å². The van der Waals surface area contributed by atoms with E-state index in [1.54, 1.807) is 31.2 Å². The summed E-state index contributed by atoms with van der Waals surface area (Å²) in [6.45, 7) is 3.90. The number of anilines is 2. The number of ether oxygens (including phenoxy) is 2. The van der Waals surface area contributed by atoms with Crippen molar-refractivity contribution in [2.24, 2.45) is 0 Å². The maximum absolute atomic E-state index is 12.3. The van der Waals surface area contributed by atoms with Crippen LogP contribution < -0.4 is 15.4 Å². The molecule has 7 nitrogen and oxygen atoms in total. The maximum atomic E-state index is 12.3. The molecule has 1 aliphatic heterocycles. The van der Waals surface area contributed by atoms with Gasteiger partial charge in [0.05, 0.1) is 24.3 Å². The van der Waals surface area contributed by atoms with E-state index in [1.807, 2.05) is 19.1 Å². The monoisotopic (exact) mass is 368 g/mol. The van der Waals surface area contributed by atoms with Gasteiger partial charge in [-0.3, -0.25) is 9.59 Å². The van der Waals surface area contributed by atoms with Crippen LogP contribution in [0.25, 0.3) is 0 Å². The van der Waals surface area contributed by atoms with Crippen LogP contribution >= 0.6 is 0 Å². The van der Waals surface area contributed by atoms with Gasteiger partial charge in [0.1, 0.15) is 5.75 Å². The summed E-state index contributed by atoms with van der Waals surface area (Å²) in [4.78, 5) is 36.3. The van der Waals surface area contributed by atoms with Crippen molar-refractivity contribution < 1.29 is 23.9 Å². The van der Waals surface area contributed by atoms with Gasteiger partial charge in [-0.15, -0.1) is 0 Å². The molecular formula is C20H20N2O5. The quantitative estimate of drug-likeness (QED) is 0.792. The number of fused-ring (bicyclic) bond motifs is 1. The van der Waals surface area contributed by atoms with Crippen LogP contribution in [0.4, 0.5) is 11.4 Å². The third kappa shape index (κ3) is 4.44. The van der Waals surface area contributed by atoms with Crippen LogP contribution in [0.15, 0.2) is 42.5 Å². The Morgan fingerprint density at radius 3 is 2.81 bits per heavy atom. The first-order chi connectivity index (χ1) is 13.0. The van der Waals surface area contributed by atoms with Crippen molar-refractivity contribution in [1.82, 2.24) is 0 Å². The fourth-order valence-corrected chi connectivity index (χ4v) is 2.72. The van der Waals surface area contributed by atoms with E-state index < -0.39 is 18.0 Å². The van der Waals surface area contributed by atoms with Crippen LogP contribution in [0.5, 0.6) is 5.75 Å². The number of aryl methyl sites for hydroxylation is 1. The van der Waals surface area contributed by atoms with E-state index in [0.717, 1.165) is 5.56 Å². The first kappa shape index (κ1) is 18.4. The number of hydrogen-bond donors (Lipinski definition) is 2. The summed E-state index contributed by atoms with van der Waals surface area (Å²) in [7, 11) is 0. The molecule has 2 aromatic carbocycles. The summed E-state index contributed by atoms with van der Waals surface area (Å²) in [6, 6.07) is 11.9. The predicted molar refractivity (Wildman–Crippen MR) is 99.9 cm³/mol. The molecule has 7 heteroatoms. The Bertz CT molecular complexity index is 894. The van der Waals surface area contributed by atoms with Crippen molar-refractivity contribution >= 4 is 29.2 Å². The number of hydrogen-bond acceptors (Lipinski definition) is 5. The molecule has 0 spiro atoms. The molecule has 2 N–H and O–H groups in total. The van der Waals surface area contributed by atoms with Crippen molar-refractivity contribution in [3.05, 3.63) is 53.6 Å². The van der Waals surface area contributed by atoms with Crippen molar-refractivity contribution in [3.8, 4) is 5.75 Å². The molecule has 140 valence electrons. The number of carbonyl (C=O) groups is 3. The molecule has 3 rings (SSSR count). The second-order valence-electron chi connectivity index (χ2n) is 6.15. The van der Waals surface area contributed by atoms with Gasteiger partial charge in [0.15, 0.2) is 6.10 Å². The Morgan fingerprint density at radius 1 is 1.22 bits per heavy atom. The average Bonchev–Trinajstić information content (AvgIpc) is 2.63. The van der Waals surface area contributed by atoms with E-state index in [0.29, 0.717) is 22.7 Å². The van der Waals surface area contributed by atoms with E-state index in [9.17, 15) is 14.4 Å². The molecular weight excluding hydrogens is 348 g/mol. The zero-order valence-corrected chi connectivity index (χ0v) is 15.1. The van der Waals surface area contributed by atoms with Crippen molar-refractivity contribution in [2.45, 2.75) is 26.4 Å². The normalized spacial score (nSPS) is 15.2. The van der Waals surface area contributed by atoms with Crippen molar-refractivity contribution in [3.63, 3.8) is 0 Å². The van der Waals surface area contributed by atoms with Gasteiger partial charge in [0.2, 0.25) is 5.91 Å². The van der Waals surface area contributed by atoms with E-state index >= 15 is 0 Å². The molecule has 0 saturated heterocycles. The Kier molecular flexibility index (Phi) is 5.40. The summed E-state index contributed by atoms with van der Waals surface area (Å²) in [6.07, 6.45) is -1.07. The first-order valence-electron chi connectivity index (χ1n) is 8.61. The Labute approximate surface area is 156 Å². The molecule has 0 unspecified atom stereocenters. The van der Waals surface area contributed by atoms with Gasteiger partial charge < -0.3 is 20.1 Å². The molecule has 0 radical (unpaired) electrons. The SMILES string of the molecule is CCOC(=O)c1cccc(NC(=O)C[C@H]2Oc3ccc(C)cc3NC2=O)c1. The van der Waals surface area contributed by atoms with Crippen LogP contribution in [0, 0.1) is 6.92 Å². The lowest BCUT2D eigenvalue weighted by molar-refractivity contribution is -0.128. The van der Waals surface area contributed by atoms with Crippen LogP contribution in [0.2, 0.25) is 0 Å². The molecule has 2 amide bonds. The third-order valence-corrected chi connectivity index (χ3v) is 3.98. The number of amides is 2. The summed E-state index contributed by atoms with van der Waals surface area (Å²) in [5.74, 6) is -0.701. The van der Waals surface area contributed by atoms with Gasteiger partial charge in [-0.2, -0.15) is 0 Å². The minimum absolute atomic E-state index is 0.150. The number of rotatable bonds is 5. The van der Waals surface area contributed by atoms with E-state index in [2.05, 4.69) is 10.6 Å². The number of nitrogens with one attached hydrogen (secondary N) is 2. The maximum Gasteiger partial charge on any atom is 0.338 e. The first-order valence-corrected chi connectivity index (χ1v) is 8.61. The lowest BCUT2D eigenvalue weighted by atomic mass is 10.1. The summed E-state index contributed by atoms with van der Waals surface area (Å²) < 4.78 is 10.6. The van der Waals surface area contributed by atoms with E-state index in [-0.39, 0.29) is 18.9 Å². The van der Waals surface area contributed by atoms with Crippen LogP contribution in [0.1, 0.15) is 29.3 Å². The summed E-state index contributed by atoms with van der Waals surface area (Å²) in [5, 5.41) is 5.43. The second kappa shape index (κ2) is 7.90. The second-order valence-corrected chi connectivity index (χ2v) is 6.15. The summed E-state index contributed by atoms with van der Waals surface area (Å²) >= 11 is 0. The smallest absolute Gasteiger partial charge is 0.338 e. The fraction of sp³-hybridized carbons (Fsp3) is 0.250. The minimum Gasteiger partial charge on any atom is -0.478 e. The third-order valence-electron chi connectivity index (χ3n) is 3.98. The predicted octanol–water partition coefficient (Wildman–Crippen LogP) is 2.90. The number of benzene rings is 2. The van der Waals surface area contributed by atoms with Crippen LogP contribution in [-0.2, 0) is 14.3 Å². The van der Waals surface area contributed by atoms with Crippen molar-refractivity contribution in [1.29, 1.82) is 0 Å². The minimum atomic E-state index is -0.923. The zero-order valence-electron chi connectivity index (χ0n) is 15.1. The number of esters is 1. The number of carbonyl (C=O) groups excluding carboxylic acids is 3. The van der Waals surface area contributed by atoms with E-state index in [1.165, 1.54) is 6.07 Å². The van der Waals surface area contributed by atoms with Gasteiger partial charge in [0, 0.05) is 5.69 Å². The molecule has 1 aliphatic rings. The molecule has 0 saturated carbocycles. The van der Waals surface area contributed by atoms with E-state index in [4.69, 9.17) is 9.47 Å². The van der Waals surface area contributed by atoms with Crippen molar-refractivity contribution in [2.75, 3.05) is 17.2 Å². The molecule has 27 heavy (non-hydrogen) atoms. The van der Waals surface area contributed by atoms with Gasteiger partial charge in [-0.25, -0.2) is 4.79 Å². The van der Waals surface area contributed by atoms with Gasteiger partial charge in [-0.1, -0.05) is 12.1 Å². The Morgan fingerprint density at radius 2 is 2.04 bits per heavy atom. The van der Waals surface area contributed by atoms with Gasteiger partial charge in [-0.05, 0) is 49.7 Å². The zero-order chi connectivity index (χ0) is 19.4. The highest BCUT2D eigenvalue weighted by atomic mass is 16.5. The highest BCUT2D eigenvalue weighted by Crippen LogP contribution is 2.31. The molecule has 2 aromatic rings. The highest BCUT2D eigenvalue weighted by molar-refractivity contribution is 6.02. The standard InChI is InChI=1S/C20H20N2O5/c1-3-26-20(25)13-5-4-6-14(10-13)21-18(23)11-17-19(24)22-15-9-12(2)7-8-16(15)27-17/h4-10,17H,3,11H2,1-2H3,(H,21,23)(H,22,24)/t17-/m1/s1. The molecule has 0 fully saturated rings. The molecule has 1 atom stereocenters. The Hall–Kier alpha value is -3.35. The molecule has 0 aliphatic carbocycles. The lowest BCUT2D eigenvalue weighted by Crippen LogP contribution is -2.39. The highest BCUT2D eigenvalue weighted by Gasteiger charge is 2.29. The van der Waals surface area contributed by atoms with Crippen LogP contribution in [-0.4, -0.2) is 30.5 Å². The fourth-order valence-electron chi connectivity index (χ4n) is 2.72. The largest absolute Gasteiger partial charge is 0.478 e. The topological polar surface area (TPSA) is 93.7 Å². The molecule has 0 aromatic heterocycles.